The predicted molar refractivity (Wildman–Crippen MR) is 68.6 cm³/mol. The number of hydrogen-bond acceptors (Lipinski definition) is 2. The highest BCUT2D eigenvalue weighted by Gasteiger charge is 2.52. The number of rotatable bonds is 1. The zero-order valence-electron chi connectivity index (χ0n) is 9.61. The van der Waals surface area contributed by atoms with Gasteiger partial charge in [0, 0.05) is 11.1 Å². The van der Waals surface area contributed by atoms with E-state index in [4.69, 9.17) is 5.73 Å². The summed E-state index contributed by atoms with van der Waals surface area (Å²) in [6, 6.07) is 0. The minimum absolute atomic E-state index is 0.499. The fourth-order valence-corrected chi connectivity index (χ4v) is 6.04. The Kier molecular flexibility index (Phi) is 1.81. The van der Waals surface area contributed by atoms with E-state index in [9.17, 15) is 0 Å². The maximum Gasteiger partial charge on any atom is 0.0460 e. The van der Waals surface area contributed by atoms with Crippen LogP contribution in [0.4, 0.5) is 5.69 Å². The second-order valence-corrected chi connectivity index (χ2v) is 7.18. The van der Waals surface area contributed by atoms with Gasteiger partial charge in [-0.3, -0.25) is 0 Å². The Labute approximate surface area is 101 Å². The van der Waals surface area contributed by atoms with Crippen molar-refractivity contribution in [2.45, 2.75) is 43.9 Å². The monoisotopic (exact) mass is 233 g/mol. The van der Waals surface area contributed by atoms with Crippen molar-refractivity contribution in [2.24, 2.45) is 17.8 Å². The molecule has 1 aromatic heterocycles. The van der Waals surface area contributed by atoms with Crippen LogP contribution in [0.2, 0.25) is 0 Å². The number of nitrogen functional groups attached to an aromatic ring is 1. The normalized spacial score (nSPS) is 45.1. The van der Waals surface area contributed by atoms with E-state index in [1.54, 1.807) is 11.3 Å². The van der Waals surface area contributed by atoms with Gasteiger partial charge in [0.15, 0.2) is 0 Å². The molecule has 16 heavy (non-hydrogen) atoms. The van der Waals surface area contributed by atoms with Crippen molar-refractivity contribution in [3.05, 3.63) is 16.3 Å². The van der Waals surface area contributed by atoms with Crippen molar-refractivity contribution in [1.29, 1.82) is 0 Å². The van der Waals surface area contributed by atoms with Crippen molar-refractivity contribution in [1.82, 2.24) is 0 Å². The van der Waals surface area contributed by atoms with Gasteiger partial charge in [-0.05, 0) is 72.6 Å². The molecule has 0 spiro atoms. The summed E-state index contributed by atoms with van der Waals surface area (Å²) in [5.74, 6) is 3.06. The SMILES string of the molecule is Nc1cscc1C12CC3CC(CC(C3)C1)C2. The average molecular weight is 233 g/mol. The van der Waals surface area contributed by atoms with E-state index in [2.05, 4.69) is 10.8 Å². The highest BCUT2D eigenvalue weighted by molar-refractivity contribution is 7.08. The zero-order valence-corrected chi connectivity index (χ0v) is 10.4. The quantitative estimate of drug-likeness (QED) is 0.784. The fraction of sp³-hybridized carbons (Fsp3) is 0.714. The molecule has 0 amide bonds. The zero-order chi connectivity index (χ0) is 10.8. The van der Waals surface area contributed by atoms with Crippen molar-refractivity contribution < 1.29 is 0 Å². The molecule has 4 aliphatic carbocycles. The molecular formula is C14H19NS. The molecule has 4 aliphatic rings. The predicted octanol–water partition coefficient (Wildman–Crippen LogP) is 3.80. The Morgan fingerprint density at radius 3 is 2.00 bits per heavy atom. The van der Waals surface area contributed by atoms with Crippen LogP contribution in [0.1, 0.15) is 44.1 Å². The second kappa shape index (κ2) is 3.04. The van der Waals surface area contributed by atoms with Crippen LogP contribution in [0.3, 0.4) is 0 Å². The van der Waals surface area contributed by atoms with E-state index in [0.29, 0.717) is 5.41 Å². The maximum absolute atomic E-state index is 6.17. The van der Waals surface area contributed by atoms with Gasteiger partial charge in [-0.2, -0.15) is 0 Å². The molecule has 0 aromatic carbocycles. The van der Waals surface area contributed by atoms with Gasteiger partial charge in [0.05, 0.1) is 0 Å². The van der Waals surface area contributed by atoms with Crippen molar-refractivity contribution in [2.75, 3.05) is 5.73 Å². The van der Waals surface area contributed by atoms with E-state index in [-0.39, 0.29) is 0 Å². The van der Waals surface area contributed by atoms with Crippen molar-refractivity contribution in [3.8, 4) is 0 Å². The molecule has 0 atom stereocenters. The Bertz CT molecular complexity index is 385. The molecule has 4 saturated carbocycles. The number of anilines is 1. The van der Waals surface area contributed by atoms with E-state index >= 15 is 0 Å². The largest absolute Gasteiger partial charge is 0.398 e. The lowest BCUT2D eigenvalue weighted by Crippen LogP contribution is -2.48. The molecule has 0 radical (unpaired) electrons. The molecular weight excluding hydrogens is 214 g/mol. The van der Waals surface area contributed by atoms with Gasteiger partial charge < -0.3 is 5.73 Å². The maximum atomic E-state index is 6.17. The first-order valence-corrected chi connectivity index (χ1v) is 7.52. The Hall–Kier alpha value is -0.500. The first-order chi connectivity index (χ1) is 7.75. The smallest absolute Gasteiger partial charge is 0.0460 e. The van der Waals surface area contributed by atoms with Crippen molar-refractivity contribution >= 4 is 17.0 Å². The average Bonchev–Trinajstić information content (AvgIpc) is 2.62. The molecule has 4 fully saturated rings. The Morgan fingerprint density at radius 1 is 1.00 bits per heavy atom. The lowest BCUT2D eigenvalue weighted by Gasteiger charge is -2.57. The molecule has 0 aliphatic heterocycles. The third-order valence-electron chi connectivity index (χ3n) is 5.30. The van der Waals surface area contributed by atoms with Crippen LogP contribution in [-0.2, 0) is 5.41 Å². The third-order valence-corrected chi connectivity index (χ3v) is 6.06. The number of thiophene rings is 1. The summed E-state index contributed by atoms with van der Waals surface area (Å²) < 4.78 is 0. The van der Waals surface area contributed by atoms with E-state index in [0.717, 1.165) is 23.4 Å². The molecule has 86 valence electrons. The molecule has 5 rings (SSSR count). The summed E-state index contributed by atoms with van der Waals surface area (Å²) in [7, 11) is 0. The molecule has 1 aromatic rings. The summed E-state index contributed by atoms with van der Waals surface area (Å²) in [4.78, 5) is 0. The first-order valence-electron chi connectivity index (χ1n) is 6.57. The van der Waals surface area contributed by atoms with E-state index in [1.165, 1.54) is 44.1 Å². The molecule has 1 nitrogen and oxygen atoms in total. The van der Waals surface area contributed by atoms with Gasteiger partial charge in [-0.15, -0.1) is 11.3 Å². The molecule has 2 N–H and O–H groups in total. The third kappa shape index (κ3) is 1.17. The Morgan fingerprint density at radius 2 is 1.56 bits per heavy atom. The second-order valence-electron chi connectivity index (χ2n) is 6.44. The highest BCUT2D eigenvalue weighted by Crippen LogP contribution is 2.61. The summed E-state index contributed by atoms with van der Waals surface area (Å²) in [6.07, 6.45) is 8.84. The van der Waals surface area contributed by atoms with E-state index in [1.807, 2.05) is 0 Å². The molecule has 4 bridgehead atoms. The van der Waals surface area contributed by atoms with Crippen LogP contribution < -0.4 is 5.73 Å². The highest BCUT2D eigenvalue weighted by atomic mass is 32.1. The molecule has 2 heteroatoms. The van der Waals surface area contributed by atoms with Gasteiger partial charge in [0.1, 0.15) is 0 Å². The first kappa shape index (κ1) is 9.52. The van der Waals surface area contributed by atoms with Gasteiger partial charge >= 0.3 is 0 Å². The summed E-state index contributed by atoms with van der Waals surface area (Å²) in [5.41, 5.74) is 9.26. The van der Waals surface area contributed by atoms with Crippen LogP contribution >= 0.6 is 11.3 Å². The minimum Gasteiger partial charge on any atom is -0.398 e. The van der Waals surface area contributed by atoms with Crippen LogP contribution in [0.15, 0.2) is 10.8 Å². The molecule has 1 heterocycles. The topological polar surface area (TPSA) is 26.0 Å². The van der Waals surface area contributed by atoms with Gasteiger partial charge in [-0.1, -0.05) is 0 Å². The summed E-state index contributed by atoms with van der Waals surface area (Å²) in [5, 5.41) is 4.47. The summed E-state index contributed by atoms with van der Waals surface area (Å²) >= 11 is 1.79. The molecule has 0 unspecified atom stereocenters. The van der Waals surface area contributed by atoms with Crippen molar-refractivity contribution in [3.63, 3.8) is 0 Å². The van der Waals surface area contributed by atoms with Crippen LogP contribution in [-0.4, -0.2) is 0 Å². The summed E-state index contributed by atoms with van der Waals surface area (Å²) in [6.45, 7) is 0. The minimum atomic E-state index is 0.499. The van der Waals surface area contributed by atoms with Gasteiger partial charge in [-0.25, -0.2) is 0 Å². The van der Waals surface area contributed by atoms with Gasteiger partial charge in [0.25, 0.3) is 0 Å². The Balaban J connectivity index is 1.79. The number of hydrogen-bond donors (Lipinski definition) is 1. The lowest BCUT2D eigenvalue weighted by atomic mass is 9.48. The van der Waals surface area contributed by atoms with Crippen LogP contribution in [0.25, 0.3) is 0 Å². The van der Waals surface area contributed by atoms with Crippen LogP contribution in [0, 0.1) is 17.8 Å². The van der Waals surface area contributed by atoms with Gasteiger partial charge in [0.2, 0.25) is 0 Å². The van der Waals surface area contributed by atoms with Crippen LogP contribution in [0.5, 0.6) is 0 Å². The van der Waals surface area contributed by atoms with E-state index < -0.39 is 0 Å². The lowest BCUT2D eigenvalue weighted by molar-refractivity contribution is -0.00465. The standard InChI is InChI=1S/C14H19NS/c15-13-8-16-7-12(13)14-4-9-1-10(5-14)3-11(2-9)6-14/h7-11H,1-6,15H2. The number of nitrogens with two attached hydrogens (primary N) is 1. The fourth-order valence-electron chi connectivity index (χ4n) is 5.18. The molecule has 0 saturated heterocycles.